The predicted octanol–water partition coefficient (Wildman–Crippen LogP) is 5.36. The van der Waals surface area contributed by atoms with Gasteiger partial charge >= 0.3 is 5.97 Å². The zero-order valence-electron chi connectivity index (χ0n) is 18.1. The van der Waals surface area contributed by atoms with Crippen molar-refractivity contribution in [2.45, 2.75) is 110 Å². The molecule has 3 saturated carbocycles. The minimum atomic E-state index is -0.730. The summed E-state index contributed by atoms with van der Waals surface area (Å²) in [6.07, 6.45) is 11.3. The van der Waals surface area contributed by atoms with Crippen molar-refractivity contribution in [1.29, 1.82) is 0 Å². The standard InChI is InChI=1S/C24H40O4/c1-4-5-6-13-24(28)15-17-18(22(2,16-24)12-7-8-21(26)27)11-14-23(3)19(17)9-10-20(23)25/h17-19,28H,4-16H2,1-3H3,(H,26,27). The zero-order valence-corrected chi connectivity index (χ0v) is 18.1. The van der Waals surface area contributed by atoms with Crippen molar-refractivity contribution in [3.8, 4) is 0 Å². The van der Waals surface area contributed by atoms with E-state index < -0.39 is 11.6 Å². The number of aliphatic carboxylic acids is 1. The molecule has 0 aliphatic heterocycles. The number of Topliss-reactive ketones (excluding diaryl/α,β-unsaturated/α-hetero) is 1. The van der Waals surface area contributed by atoms with Gasteiger partial charge in [0, 0.05) is 18.3 Å². The van der Waals surface area contributed by atoms with Gasteiger partial charge in [0.25, 0.3) is 0 Å². The molecule has 0 spiro atoms. The highest BCUT2D eigenvalue weighted by Gasteiger charge is 2.60. The molecule has 28 heavy (non-hydrogen) atoms. The second-order valence-corrected chi connectivity index (χ2v) is 10.8. The van der Waals surface area contributed by atoms with Crippen LogP contribution in [0.5, 0.6) is 0 Å². The lowest BCUT2D eigenvalue weighted by Crippen LogP contribution is -2.55. The zero-order chi connectivity index (χ0) is 20.6. The van der Waals surface area contributed by atoms with E-state index in [1.807, 2.05) is 0 Å². The van der Waals surface area contributed by atoms with Crippen molar-refractivity contribution in [1.82, 2.24) is 0 Å². The summed E-state index contributed by atoms with van der Waals surface area (Å²) in [6, 6.07) is 0. The van der Waals surface area contributed by atoms with Crippen LogP contribution in [0.1, 0.15) is 104 Å². The van der Waals surface area contributed by atoms with Crippen molar-refractivity contribution >= 4 is 11.8 Å². The molecule has 0 amide bonds. The molecule has 0 radical (unpaired) electrons. The Hall–Kier alpha value is -0.900. The third-order valence-corrected chi connectivity index (χ3v) is 8.77. The molecule has 3 aliphatic rings. The first-order valence-electron chi connectivity index (χ1n) is 11.6. The first-order chi connectivity index (χ1) is 13.1. The maximum atomic E-state index is 12.7. The summed E-state index contributed by atoms with van der Waals surface area (Å²) in [5.74, 6) is 1.02. The van der Waals surface area contributed by atoms with E-state index in [0.717, 1.165) is 64.2 Å². The van der Waals surface area contributed by atoms with Crippen LogP contribution >= 0.6 is 0 Å². The van der Waals surface area contributed by atoms with Crippen molar-refractivity contribution in [2.75, 3.05) is 0 Å². The Balaban J connectivity index is 1.85. The van der Waals surface area contributed by atoms with Crippen molar-refractivity contribution < 1.29 is 19.8 Å². The summed E-state index contributed by atoms with van der Waals surface area (Å²) in [6.45, 7) is 6.67. The second kappa shape index (κ2) is 8.08. The fourth-order valence-corrected chi connectivity index (χ4v) is 7.41. The molecule has 0 bridgehead atoms. The maximum Gasteiger partial charge on any atom is 0.303 e. The highest BCUT2D eigenvalue weighted by Crippen LogP contribution is 2.64. The van der Waals surface area contributed by atoms with E-state index in [2.05, 4.69) is 20.8 Å². The van der Waals surface area contributed by atoms with Gasteiger partial charge in [-0.1, -0.05) is 40.0 Å². The third-order valence-electron chi connectivity index (χ3n) is 8.77. The van der Waals surface area contributed by atoms with Crippen LogP contribution < -0.4 is 0 Å². The van der Waals surface area contributed by atoms with Crippen LogP contribution in [0.3, 0.4) is 0 Å². The number of carboxylic acids is 1. The van der Waals surface area contributed by atoms with E-state index >= 15 is 0 Å². The average Bonchev–Trinajstić information content (AvgIpc) is 2.90. The number of carbonyl (C=O) groups excluding carboxylic acids is 1. The van der Waals surface area contributed by atoms with E-state index in [4.69, 9.17) is 5.11 Å². The predicted molar refractivity (Wildman–Crippen MR) is 110 cm³/mol. The Bertz CT molecular complexity index is 601. The fourth-order valence-electron chi connectivity index (χ4n) is 7.41. The van der Waals surface area contributed by atoms with Gasteiger partial charge in [-0.15, -0.1) is 0 Å². The van der Waals surface area contributed by atoms with Gasteiger partial charge in [0.15, 0.2) is 0 Å². The van der Waals surface area contributed by atoms with E-state index in [1.54, 1.807) is 0 Å². The number of carboxylic acid groups (broad SMARTS) is 1. The fraction of sp³-hybridized carbons (Fsp3) is 0.917. The molecule has 0 aromatic carbocycles. The molecule has 160 valence electrons. The van der Waals surface area contributed by atoms with Crippen LogP contribution in [0, 0.1) is 28.6 Å². The first kappa shape index (κ1) is 21.8. The quantitative estimate of drug-likeness (QED) is 0.545. The van der Waals surface area contributed by atoms with Gasteiger partial charge in [0.1, 0.15) is 5.78 Å². The number of rotatable bonds is 8. The van der Waals surface area contributed by atoms with Crippen LogP contribution in [-0.4, -0.2) is 27.6 Å². The van der Waals surface area contributed by atoms with Crippen molar-refractivity contribution in [2.24, 2.45) is 28.6 Å². The van der Waals surface area contributed by atoms with Gasteiger partial charge < -0.3 is 10.2 Å². The summed E-state index contributed by atoms with van der Waals surface area (Å²) in [4.78, 5) is 23.7. The maximum absolute atomic E-state index is 12.7. The SMILES string of the molecule is CCCCCC1(O)CC2C(CCC3(C)C(=O)CCC23)C(C)(CCCC(=O)O)C1. The molecule has 0 heterocycles. The molecule has 0 saturated heterocycles. The summed E-state index contributed by atoms with van der Waals surface area (Å²) in [5, 5.41) is 20.8. The summed E-state index contributed by atoms with van der Waals surface area (Å²) < 4.78 is 0. The molecular weight excluding hydrogens is 352 g/mol. The molecule has 2 N–H and O–H groups in total. The number of carbonyl (C=O) groups is 2. The minimum Gasteiger partial charge on any atom is -0.481 e. The van der Waals surface area contributed by atoms with Gasteiger partial charge in [0.2, 0.25) is 0 Å². The lowest BCUT2D eigenvalue weighted by molar-refractivity contribution is -0.158. The monoisotopic (exact) mass is 392 g/mol. The van der Waals surface area contributed by atoms with Gasteiger partial charge in [-0.05, 0) is 74.5 Å². The average molecular weight is 393 g/mol. The molecule has 3 rings (SSSR count). The van der Waals surface area contributed by atoms with Gasteiger partial charge in [-0.25, -0.2) is 0 Å². The summed E-state index contributed by atoms with van der Waals surface area (Å²) >= 11 is 0. The Morgan fingerprint density at radius 3 is 2.54 bits per heavy atom. The number of hydrogen-bond donors (Lipinski definition) is 2. The smallest absolute Gasteiger partial charge is 0.303 e. The summed E-state index contributed by atoms with van der Waals surface area (Å²) in [5.41, 5.74) is -0.866. The highest BCUT2D eigenvalue weighted by atomic mass is 16.4. The van der Waals surface area contributed by atoms with Crippen LogP contribution in [-0.2, 0) is 9.59 Å². The topological polar surface area (TPSA) is 74.6 Å². The molecule has 6 atom stereocenters. The van der Waals surface area contributed by atoms with E-state index in [1.165, 1.54) is 0 Å². The molecule has 3 fully saturated rings. The molecule has 0 aromatic heterocycles. The number of aliphatic hydroxyl groups is 1. The summed E-state index contributed by atoms with van der Waals surface area (Å²) in [7, 11) is 0. The molecule has 6 unspecified atom stereocenters. The van der Waals surface area contributed by atoms with Gasteiger partial charge in [-0.3, -0.25) is 9.59 Å². The Kier molecular flexibility index (Phi) is 6.29. The lowest BCUT2D eigenvalue weighted by Gasteiger charge is -2.59. The number of ketones is 1. The lowest BCUT2D eigenvalue weighted by atomic mass is 9.46. The van der Waals surface area contributed by atoms with Gasteiger partial charge in [-0.2, -0.15) is 0 Å². The van der Waals surface area contributed by atoms with Crippen LogP contribution in [0.15, 0.2) is 0 Å². The molecular formula is C24H40O4. The van der Waals surface area contributed by atoms with Gasteiger partial charge in [0.05, 0.1) is 5.60 Å². The number of fused-ring (bicyclic) bond motifs is 3. The first-order valence-corrected chi connectivity index (χ1v) is 11.6. The van der Waals surface area contributed by atoms with Crippen molar-refractivity contribution in [3.05, 3.63) is 0 Å². The number of hydrogen-bond acceptors (Lipinski definition) is 3. The number of unbranched alkanes of at least 4 members (excludes halogenated alkanes) is 2. The molecule has 4 nitrogen and oxygen atoms in total. The van der Waals surface area contributed by atoms with E-state index in [9.17, 15) is 14.7 Å². The normalized spacial score (nSPS) is 42.9. The molecule has 0 aromatic rings. The van der Waals surface area contributed by atoms with E-state index in [-0.39, 0.29) is 17.3 Å². The largest absolute Gasteiger partial charge is 0.481 e. The van der Waals surface area contributed by atoms with Crippen LogP contribution in [0.4, 0.5) is 0 Å². The van der Waals surface area contributed by atoms with Crippen LogP contribution in [0.25, 0.3) is 0 Å². The second-order valence-electron chi connectivity index (χ2n) is 10.8. The molecule has 3 aliphatic carbocycles. The molecule has 4 heteroatoms. The van der Waals surface area contributed by atoms with Crippen molar-refractivity contribution in [3.63, 3.8) is 0 Å². The Labute approximate surface area is 170 Å². The third kappa shape index (κ3) is 4.04. The minimum absolute atomic E-state index is 0.0215. The van der Waals surface area contributed by atoms with Crippen LogP contribution in [0.2, 0.25) is 0 Å². The Morgan fingerprint density at radius 2 is 1.86 bits per heavy atom. The highest BCUT2D eigenvalue weighted by molar-refractivity contribution is 5.87. The van der Waals surface area contributed by atoms with E-state index in [0.29, 0.717) is 36.4 Å². The Morgan fingerprint density at radius 1 is 1.11 bits per heavy atom.